The molecule has 0 heterocycles. The van der Waals surface area contributed by atoms with E-state index in [0.717, 1.165) is 17.4 Å². The maximum Gasteiger partial charge on any atom is 0.0733 e. The monoisotopic (exact) mass is 361 g/mol. The Bertz CT molecular complexity index is 786. The fourth-order valence-electron chi connectivity index (χ4n) is 5.73. The first-order valence-corrected chi connectivity index (χ1v) is 10.5. The summed E-state index contributed by atoms with van der Waals surface area (Å²) in [5.41, 5.74) is 6.87. The van der Waals surface area contributed by atoms with Crippen molar-refractivity contribution in [1.29, 1.82) is 0 Å². The summed E-state index contributed by atoms with van der Waals surface area (Å²) in [4.78, 5) is 0. The van der Waals surface area contributed by atoms with E-state index in [1.54, 1.807) is 5.57 Å². The van der Waals surface area contributed by atoms with Crippen LogP contribution in [0.15, 0.2) is 70.4 Å². The number of fused-ring (bicyclic) bond motifs is 4. The number of benzene rings is 1. The largest absolute Gasteiger partial charge is 0.411 e. The van der Waals surface area contributed by atoms with Crippen molar-refractivity contribution in [2.24, 2.45) is 22.4 Å². The van der Waals surface area contributed by atoms with Gasteiger partial charge in [0.05, 0.1) is 6.21 Å². The molecule has 0 spiro atoms. The van der Waals surface area contributed by atoms with Crippen molar-refractivity contribution in [2.75, 3.05) is 0 Å². The highest BCUT2D eigenvalue weighted by Crippen LogP contribution is 2.57. The lowest BCUT2D eigenvalue weighted by molar-refractivity contribution is 0.149. The van der Waals surface area contributed by atoms with Gasteiger partial charge < -0.3 is 5.21 Å². The van der Waals surface area contributed by atoms with E-state index in [2.05, 4.69) is 30.3 Å². The molecule has 1 saturated carbocycles. The van der Waals surface area contributed by atoms with E-state index in [1.165, 1.54) is 57.6 Å². The standard InChI is InChI=1S/C18H24.C7H7NO/c1-18-11-4-7-17(18)16-9-8-13-5-2-3-6-14(13)15(16)10-12-18;9-8-6-7-4-2-1-3-5-7/h4-5,11,16-17H,2-3,6-10,12H2,1H3;1-6,9H/t16-,17+,18+;/m1./s1. The molecule has 0 amide bonds. The second-order valence-corrected chi connectivity index (χ2v) is 8.68. The van der Waals surface area contributed by atoms with Gasteiger partial charge in [0.25, 0.3) is 0 Å². The Kier molecular flexibility index (Phi) is 5.33. The lowest BCUT2D eigenvalue weighted by atomic mass is 9.58. The molecular weight excluding hydrogens is 330 g/mol. The van der Waals surface area contributed by atoms with E-state index in [4.69, 9.17) is 5.21 Å². The van der Waals surface area contributed by atoms with Crippen molar-refractivity contribution in [3.05, 3.63) is 70.8 Å². The molecule has 142 valence electrons. The molecule has 27 heavy (non-hydrogen) atoms. The minimum Gasteiger partial charge on any atom is -0.411 e. The van der Waals surface area contributed by atoms with Gasteiger partial charge in [0.15, 0.2) is 0 Å². The molecule has 1 fully saturated rings. The van der Waals surface area contributed by atoms with Crippen molar-refractivity contribution >= 4 is 6.21 Å². The van der Waals surface area contributed by atoms with E-state index in [0.29, 0.717) is 5.41 Å². The third-order valence-corrected chi connectivity index (χ3v) is 7.13. The molecule has 3 atom stereocenters. The highest BCUT2D eigenvalue weighted by molar-refractivity contribution is 5.78. The van der Waals surface area contributed by atoms with Crippen LogP contribution < -0.4 is 0 Å². The Morgan fingerprint density at radius 1 is 1.15 bits per heavy atom. The predicted molar refractivity (Wildman–Crippen MR) is 112 cm³/mol. The minimum atomic E-state index is 0.532. The van der Waals surface area contributed by atoms with Crippen LogP contribution in [-0.2, 0) is 0 Å². The number of nitrogens with zero attached hydrogens (tertiary/aromatic N) is 1. The first-order valence-electron chi connectivity index (χ1n) is 10.5. The van der Waals surface area contributed by atoms with Crippen LogP contribution in [0.1, 0.15) is 63.9 Å². The second-order valence-electron chi connectivity index (χ2n) is 8.68. The van der Waals surface area contributed by atoms with Gasteiger partial charge in [-0.1, -0.05) is 66.2 Å². The average Bonchev–Trinajstić information content (AvgIpc) is 3.11. The highest BCUT2D eigenvalue weighted by atomic mass is 16.4. The molecule has 4 aliphatic rings. The normalized spacial score (nSPS) is 31.5. The zero-order valence-electron chi connectivity index (χ0n) is 16.4. The van der Waals surface area contributed by atoms with Crippen LogP contribution in [0, 0.1) is 17.3 Å². The lowest BCUT2D eigenvalue weighted by Crippen LogP contribution is -2.36. The Balaban J connectivity index is 0.000000170. The van der Waals surface area contributed by atoms with Gasteiger partial charge in [-0.3, -0.25) is 0 Å². The molecule has 0 saturated heterocycles. The number of allylic oxidation sites excluding steroid dienone is 6. The lowest BCUT2D eigenvalue weighted by Gasteiger charge is -2.47. The van der Waals surface area contributed by atoms with Crippen LogP contribution >= 0.6 is 0 Å². The molecule has 2 nitrogen and oxygen atoms in total. The topological polar surface area (TPSA) is 32.6 Å². The number of hydrogen-bond acceptors (Lipinski definition) is 2. The second kappa shape index (κ2) is 7.88. The van der Waals surface area contributed by atoms with Gasteiger partial charge in [0.1, 0.15) is 0 Å². The molecule has 1 aromatic rings. The molecule has 4 aliphatic carbocycles. The molecule has 0 radical (unpaired) electrons. The first-order chi connectivity index (χ1) is 13.2. The summed E-state index contributed by atoms with van der Waals surface area (Å²) in [5.74, 6) is 1.85. The summed E-state index contributed by atoms with van der Waals surface area (Å²) < 4.78 is 0. The van der Waals surface area contributed by atoms with Gasteiger partial charge in [0.2, 0.25) is 0 Å². The summed E-state index contributed by atoms with van der Waals surface area (Å²) in [6.45, 7) is 2.51. The summed E-state index contributed by atoms with van der Waals surface area (Å²) in [7, 11) is 0. The quantitative estimate of drug-likeness (QED) is 0.257. The summed E-state index contributed by atoms with van der Waals surface area (Å²) in [6.07, 6.45) is 20.0. The van der Waals surface area contributed by atoms with Crippen LogP contribution in [-0.4, -0.2) is 11.4 Å². The van der Waals surface area contributed by atoms with E-state index in [-0.39, 0.29) is 0 Å². The molecule has 0 unspecified atom stereocenters. The smallest absolute Gasteiger partial charge is 0.0733 e. The molecule has 0 aromatic heterocycles. The van der Waals surface area contributed by atoms with Crippen LogP contribution in [0.4, 0.5) is 0 Å². The van der Waals surface area contributed by atoms with Gasteiger partial charge in [0, 0.05) is 0 Å². The van der Waals surface area contributed by atoms with Crippen molar-refractivity contribution in [2.45, 2.75) is 58.3 Å². The third kappa shape index (κ3) is 3.67. The summed E-state index contributed by atoms with van der Waals surface area (Å²) >= 11 is 0. The maximum absolute atomic E-state index is 8.09. The highest BCUT2D eigenvalue weighted by Gasteiger charge is 2.46. The average molecular weight is 362 g/mol. The maximum atomic E-state index is 8.09. The van der Waals surface area contributed by atoms with Gasteiger partial charge in [-0.2, -0.15) is 0 Å². The zero-order valence-corrected chi connectivity index (χ0v) is 16.4. The molecule has 0 aliphatic heterocycles. The number of rotatable bonds is 1. The minimum absolute atomic E-state index is 0.532. The summed E-state index contributed by atoms with van der Waals surface area (Å²) in [6, 6.07) is 9.40. The Labute approximate surface area is 163 Å². The zero-order chi connectivity index (χ0) is 18.7. The van der Waals surface area contributed by atoms with Crippen molar-refractivity contribution in [1.82, 2.24) is 0 Å². The predicted octanol–water partition coefficient (Wildman–Crippen LogP) is 6.67. The molecule has 5 rings (SSSR count). The van der Waals surface area contributed by atoms with Crippen molar-refractivity contribution in [3.8, 4) is 0 Å². The van der Waals surface area contributed by atoms with Gasteiger partial charge in [-0.15, -0.1) is 0 Å². The SMILES string of the molecule is C[C@@]12C=CC[C@H]1[C@@H]1CCC3=CCCCC3=C1CC2.ON=Cc1ccccc1. The van der Waals surface area contributed by atoms with Gasteiger partial charge >= 0.3 is 0 Å². The molecule has 2 heteroatoms. The van der Waals surface area contributed by atoms with Crippen molar-refractivity contribution in [3.63, 3.8) is 0 Å². The fraction of sp³-hybridized carbons (Fsp3) is 0.480. The van der Waals surface area contributed by atoms with Gasteiger partial charge in [-0.25, -0.2) is 0 Å². The number of oxime groups is 1. The van der Waals surface area contributed by atoms with E-state index in [9.17, 15) is 0 Å². The molecular formula is C25H31NO. The van der Waals surface area contributed by atoms with Crippen LogP contribution in [0.5, 0.6) is 0 Å². The molecule has 0 bridgehead atoms. The van der Waals surface area contributed by atoms with E-state index >= 15 is 0 Å². The van der Waals surface area contributed by atoms with E-state index < -0.39 is 0 Å². The Morgan fingerprint density at radius 2 is 2.00 bits per heavy atom. The fourth-order valence-corrected chi connectivity index (χ4v) is 5.73. The number of hydrogen-bond donors (Lipinski definition) is 1. The Hall–Kier alpha value is -2.09. The van der Waals surface area contributed by atoms with Gasteiger partial charge in [-0.05, 0) is 85.3 Å². The molecule has 1 N–H and O–H groups in total. The molecule has 1 aromatic carbocycles. The summed E-state index contributed by atoms with van der Waals surface area (Å²) in [5, 5.41) is 11.0. The van der Waals surface area contributed by atoms with E-state index in [1.807, 2.05) is 41.5 Å². The van der Waals surface area contributed by atoms with Crippen molar-refractivity contribution < 1.29 is 5.21 Å². The Morgan fingerprint density at radius 3 is 2.81 bits per heavy atom. The third-order valence-electron chi connectivity index (χ3n) is 7.13. The van der Waals surface area contributed by atoms with Crippen LogP contribution in [0.25, 0.3) is 0 Å². The van der Waals surface area contributed by atoms with Crippen LogP contribution in [0.3, 0.4) is 0 Å². The van der Waals surface area contributed by atoms with Crippen LogP contribution in [0.2, 0.25) is 0 Å². The first kappa shape index (κ1) is 18.3.